The Morgan fingerprint density at radius 3 is 2.59 bits per heavy atom. The van der Waals surface area contributed by atoms with E-state index in [0.29, 0.717) is 0 Å². The number of ether oxygens (including phenoxy) is 1. The molecule has 6 N–H and O–H groups in total. The van der Waals surface area contributed by atoms with Crippen molar-refractivity contribution in [1.29, 1.82) is 0 Å². The molecule has 0 saturated carbocycles. The minimum absolute atomic E-state index is 0.0968. The SMILES string of the molecule is NC1=NC(O)N([C@@H]2O[C@H](CO)C(O)C2O)C=N1. The molecule has 2 aliphatic heterocycles. The number of aliphatic hydroxyl groups is 4. The van der Waals surface area contributed by atoms with Crippen LogP contribution in [0.15, 0.2) is 9.98 Å². The molecule has 0 spiro atoms. The molecule has 0 radical (unpaired) electrons. The van der Waals surface area contributed by atoms with Crippen LogP contribution >= 0.6 is 0 Å². The van der Waals surface area contributed by atoms with E-state index in [2.05, 4.69) is 9.98 Å². The summed E-state index contributed by atoms with van der Waals surface area (Å²) in [7, 11) is 0. The summed E-state index contributed by atoms with van der Waals surface area (Å²) in [5, 5.41) is 37.8. The first-order valence-corrected chi connectivity index (χ1v) is 5.00. The monoisotopic (exact) mass is 246 g/mol. The van der Waals surface area contributed by atoms with Crippen LogP contribution in [0.2, 0.25) is 0 Å². The minimum atomic E-state index is -1.35. The van der Waals surface area contributed by atoms with Gasteiger partial charge in [0.15, 0.2) is 6.23 Å². The number of guanidine groups is 1. The average Bonchev–Trinajstić information content (AvgIpc) is 2.57. The molecule has 1 fully saturated rings. The van der Waals surface area contributed by atoms with Crippen LogP contribution < -0.4 is 5.73 Å². The Kier molecular flexibility index (Phi) is 3.26. The Hall–Kier alpha value is -1.26. The smallest absolute Gasteiger partial charge is 0.231 e. The third-order valence-electron chi connectivity index (χ3n) is 2.65. The zero-order chi connectivity index (χ0) is 12.6. The Morgan fingerprint density at radius 2 is 2.06 bits per heavy atom. The summed E-state index contributed by atoms with van der Waals surface area (Å²) < 4.78 is 5.19. The fourth-order valence-corrected chi connectivity index (χ4v) is 1.73. The first kappa shape index (κ1) is 12.2. The van der Waals surface area contributed by atoms with Gasteiger partial charge in [-0.15, -0.1) is 0 Å². The highest BCUT2D eigenvalue weighted by molar-refractivity contribution is 5.87. The van der Waals surface area contributed by atoms with Gasteiger partial charge in [-0.05, 0) is 0 Å². The molecule has 0 aromatic rings. The molecule has 0 aromatic carbocycles. The quantitative estimate of drug-likeness (QED) is 0.338. The number of aliphatic imine (C=N–C) groups is 2. The first-order valence-electron chi connectivity index (χ1n) is 5.00. The van der Waals surface area contributed by atoms with E-state index in [-0.39, 0.29) is 5.96 Å². The van der Waals surface area contributed by atoms with Gasteiger partial charge >= 0.3 is 0 Å². The molecule has 2 heterocycles. The van der Waals surface area contributed by atoms with E-state index in [9.17, 15) is 15.3 Å². The van der Waals surface area contributed by atoms with Crippen molar-refractivity contribution in [2.24, 2.45) is 15.7 Å². The van der Waals surface area contributed by atoms with E-state index in [0.717, 1.165) is 11.2 Å². The number of hydrogen-bond donors (Lipinski definition) is 5. The van der Waals surface area contributed by atoms with E-state index in [1.165, 1.54) is 0 Å². The van der Waals surface area contributed by atoms with Crippen LogP contribution in [0, 0.1) is 0 Å². The molecule has 1 saturated heterocycles. The normalized spacial score (nSPS) is 41.8. The topological polar surface area (TPSA) is 144 Å². The largest absolute Gasteiger partial charge is 0.394 e. The van der Waals surface area contributed by atoms with Crippen LogP contribution in [0.3, 0.4) is 0 Å². The lowest BCUT2D eigenvalue weighted by atomic mass is 10.1. The van der Waals surface area contributed by atoms with Gasteiger partial charge in [0, 0.05) is 0 Å². The van der Waals surface area contributed by atoms with Crippen LogP contribution in [0.5, 0.6) is 0 Å². The molecule has 17 heavy (non-hydrogen) atoms. The number of nitrogens with zero attached hydrogens (tertiary/aromatic N) is 3. The summed E-state index contributed by atoms with van der Waals surface area (Å²) in [6.07, 6.45) is -4.68. The molecular weight excluding hydrogens is 232 g/mol. The lowest BCUT2D eigenvalue weighted by Crippen LogP contribution is -2.50. The molecule has 2 rings (SSSR count). The van der Waals surface area contributed by atoms with Gasteiger partial charge < -0.3 is 30.9 Å². The van der Waals surface area contributed by atoms with Crippen LogP contribution in [-0.2, 0) is 4.74 Å². The summed E-state index contributed by atoms with van der Waals surface area (Å²) >= 11 is 0. The van der Waals surface area contributed by atoms with Gasteiger partial charge in [-0.2, -0.15) is 4.99 Å². The van der Waals surface area contributed by atoms with Crippen LogP contribution in [0.1, 0.15) is 0 Å². The number of nitrogens with two attached hydrogens (primary N) is 1. The summed E-state index contributed by atoms with van der Waals surface area (Å²) in [6, 6.07) is 0. The van der Waals surface area contributed by atoms with Crippen molar-refractivity contribution >= 4 is 12.3 Å². The molecule has 96 valence electrons. The minimum Gasteiger partial charge on any atom is -0.394 e. The Balaban J connectivity index is 2.12. The zero-order valence-electron chi connectivity index (χ0n) is 8.79. The second-order valence-electron chi connectivity index (χ2n) is 3.75. The Labute approximate surface area is 96.5 Å². The molecular formula is C8H14N4O5. The second-order valence-corrected chi connectivity index (χ2v) is 3.75. The maximum absolute atomic E-state index is 9.71. The molecule has 0 amide bonds. The van der Waals surface area contributed by atoms with Gasteiger partial charge in [-0.3, -0.25) is 4.90 Å². The van der Waals surface area contributed by atoms with E-state index in [1.54, 1.807) is 0 Å². The van der Waals surface area contributed by atoms with Crippen molar-refractivity contribution in [2.45, 2.75) is 30.9 Å². The second kappa shape index (κ2) is 4.55. The van der Waals surface area contributed by atoms with Crippen LogP contribution in [0.25, 0.3) is 0 Å². The molecule has 0 aromatic heterocycles. The summed E-state index contributed by atoms with van der Waals surface area (Å²) in [6.45, 7) is -0.443. The highest BCUT2D eigenvalue weighted by Crippen LogP contribution is 2.25. The third kappa shape index (κ3) is 2.10. The third-order valence-corrected chi connectivity index (χ3v) is 2.65. The van der Waals surface area contributed by atoms with E-state index >= 15 is 0 Å². The maximum Gasteiger partial charge on any atom is 0.231 e. The molecule has 2 aliphatic rings. The molecule has 3 unspecified atom stereocenters. The van der Waals surface area contributed by atoms with Crippen molar-refractivity contribution in [2.75, 3.05) is 6.61 Å². The van der Waals surface area contributed by atoms with Crippen molar-refractivity contribution in [3.8, 4) is 0 Å². The van der Waals surface area contributed by atoms with Crippen LogP contribution in [-0.4, -0.2) is 75.1 Å². The predicted octanol–water partition coefficient (Wildman–Crippen LogP) is -3.64. The fraction of sp³-hybridized carbons (Fsp3) is 0.750. The van der Waals surface area contributed by atoms with Gasteiger partial charge in [0.1, 0.15) is 24.7 Å². The standard InChI is InChI=1S/C8H14N4O5/c9-7-10-2-12(8(16)11-7)6-5(15)4(14)3(1-13)17-6/h2-6,8,13-16H,1H2,(H2,9,11)/t3-,4?,5?,6-,8?/m1/s1. The van der Waals surface area contributed by atoms with Crippen molar-refractivity contribution in [1.82, 2.24) is 4.90 Å². The van der Waals surface area contributed by atoms with Gasteiger partial charge in [0.2, 0.25) is 12.3 Å². The van der Waals surface area contributed by atoms with Gasteiger partial charge in [-0.25, -0.2) is 4.99 Å². The van der Waals surface area contributed by atoms with Gasteiger partial charge in [-0.1, -0.05) is 0 Å². The Bertz CT molecular complexity index is 349. The summed E-state index contributed by atoms with van der Waals surface area (Å²) in [5.74, 6) is -0.0968. The van der Waals surface area contributed by atoms with E-state index in [4.69, 9.17) is 15.6 Å². The summed E-state index contributed by atoms with van der Waals surface area (Å²) in [5.41, 5.74) is 5.27. The number of aliphatic hydroxyl groups excluding tert-OH is 4. The first-order chi connectivity index (χ1) is 8.04. The van der Waals surface area contributed by atoms with E-state index in [1.807, 2.05) is 0 Å². The molecule has 9 nitrogen and oxygen atoms in total. The van der Waals surface area contributed by atoms with Gasteiger partial charge in [0.25, 0.3) is 0 Å². The maximum atomic E-state index is 9.71. The highest BCUT2D eigenvalue weighted by atomic mass is 16.6. The van der Waals surface area contributed by atoms with Crippen molar-refractivity contribution in [3.63, 3.8) is 0 Å². The molecule has 0 bridgehead atoms. The molecule has 5 atom stereocenters. The van der Waals surface area contributed by atoms with E-state index < -0.39 is 37.5 Å². The van der Waals surface area contributed by atoms with Crippen LogP contribution in [0.4, 0.5) is 0 Å². The van der Waals surface area contributed by atoms with Crippen molar-refractivity contribution in [3.05, 3.63) is 0 Å². The molecule has 0 aliphatic carbocycles. The lowest BCUT2D eigenvalue weighted by Gasteiger charge is -2.31. The van der Waals surface area contributed by atoms with Crippen molar-refractivity contribution < 1.29 is 25.2 Å². The summed E-state index contributed by atoms with van der Waals surface area (Å²) in [4.78, 5) is 8.31. The number of hydrogen-bond acceptors (Lipinski definition) is 9. The molecule has 9 heteroatoms. The lowest BCUT2D eigenvalue weighted by molar-refractivity contribution is -0.116. The average molecular weight is 246 g/mol. The van der Waals surface area contributed by atoms with Gasteiger partial charge in [0.05, 0.1) is 6.61 Å². The fourth-order valence-electron chi connectivity index (χ4n) is 1.73. The predicted molar refractivity (Wildman–Crippen MR) is 55.7 cm³/mol. The Morgan fingerprint density at radius 1 is 1.35 bits per heavy atom. The zero-order valence-corrected chi connectivity index (χ0v) is 8.79. The highest BCUT2D eigenvalue weighted by Gasteiger charge is 2.46. The number of rotatable bonds is 2.